The van der Waals surface area contributed by atoms with Crippen LogP contribution in [-0.4, -0.2) is 0 Å². The first kappa shape index (κ1) is 48.7. The van der Waals surface area contributed by atoms with Crippen LogP contribution in [0.1, 0.15) is 55.6 Å². The molecule has 0 atom stereocenters. The van der Waals surface area contributed by atoms with Gasteiger partial charge in [0, 0.05) is 17.1 Å². The van der Waals surface area contributed by atoms with Gasteiger partial charge >= 0.3 is 0 Å². The van der Waals surface area contributed by atoms with Gasteiger partial charge in [-0.1, -0.05) is 91.0 Å². The molecule has 7 heteroatoms. The molecule has 0 aliphatic heterocycles. The van der Waals surface area contributed by atoms with E-state index in [1.54, 1.807) is 0 Å². The molecule has 1 radical (unpaired) electrons. The van der Waals surface area contributed by atoms with E-state index < -0.39 is 0 Å². The number of nitrogens with zero attached hydrogens (tertiary/aromatic N) is 5. The first-order valence-electron chi connectivity index (χ1n) is 16.0. The maximum atomic E-state index is 6.85. The molecule has 0 unspecified atom stereocenters. The summed E-state index contributed by atoms with van der Waals surface area (Å²) in [6, 6.07) is 29.4. The van der Waals surface area contributed by atoms with E-state index in [2.05, 4.69) is 24.2 Å². The van der Waals surface area contributed by atoms with Gasteiger partial charge in [-0.2, -0.15) is 0 Å². The Morgan fingerprint density at radius 3 is 0.423 bits per heavy atom. The Morgan fingerprint density at radius 2 is 0.365 bits per heavy atom. The van der Waals surface area contributed by atoms with Gasteiger partial charge in [0.2, 0.25) is 0 Å². The molecule has 0 aliphatic rings. The Labute approximate surface area is 333 Å². The van der Waals surface area contributed by atoms with Crippen LogP contribution in [0.4, 0.5) is 28.4 Å². The van der Waals surface area contributed by atoms with E-state index in [-0.39, 0.29) is 34.1 Å². The summed E-state index contributed by atoms with van der Waals surface area (Å²) in [5.41, 5.74) is 14.6. The molecule has 5 nitrogen and oxygen atoms in total. The normalized spacial score (nSPS) is 8.56. The number of halogens is 1. The summed E-state index contributed by atoms with van der Waals surface area (Å²) in [6.07, 6.45) is 0. The van der Waals surface area contributed by atoms with Crippen LogP contribution in [0.3, 0.4) is 0 Å². The fourth-order valence-electron chi connectivity index (χ4n) is 4.91. The van der Waals surface area contributed by atoms with Crippen LogP contribution in [0.15, 0.2) is 91.0 Å². The molecule has 52 heavy (non-hydrogen) atoms. The zero-order chi connectivity index (χ0) is 37.8. The molecule has 0 heterocycles. The van der Waals surface area contributed by atoms with Crippen molar-refractivity contribution in [1.29, 1.82) is 0 Å². The smallest absolute Gasteiger partial charge is 0.193 e. The third-order valence-electron chi connectivity index (χ3n) is 7.76. The monoisotopic (exact) mass is 790 g/mol. The van der Waals surface area contributed by atoms with Crippen LogP contribution in [-0.2, 0) is 17.1 Å². The van der Waals surface area contributed by atoms with Crippen molar-refractivity contribution >= 4 is 45.4 Å². The van der Waals surface area contributed by atoms with Gasteiger partial charge in [-0.15, -0.1) is 17.0 Å². The Bertz CT molecular complexity index is 1680. The molecule has 0 amide bonds. The fourth-order valence-corrected chi connectivity index (χ4v) is 4.91. The standard InChI is InChI=1S/5C9H9N.BrH.Mn/c5*1-7-5-4-6-8(2)9(7)10-3;;/h5*4-6H,1-2H3;1H;. The Morgan fingerprint density at radius 1 is 0.269 bits per heavy atom. The summed E-state index contributed by atoms with van der Waals surface area (Å²) in [7, 11) is 0. The van der Waals surface area contributed by atoms with Crippen LogP contribution in [0.2, 0.25) is 0 Å². The van der Waals surface area contributed by atoms with Crippen LogP contribution >= 0.6 is 17.0 Å². The van der Waals surface area contributed by atoms with Crippen molar-refractivity contribution in [2.45, 2.75) is 69.2 Å². The molecule has 5 aromatic carbocycles. The molecule has 0 saturated heterocycles. The van der Waals surface area contributed by atoms with Crippen molar-refractivity contribution in [3.8, 4) is 0 Å². The zero-order valence-corrected chi connectivity index (χ0v) is 34.6. The van der Waals surface area contributed by atoms with Crippen molar-refractivity contribution in [3.63, 3.8) is 0 Å². The van der Waals surface area contributed by atoms with Crippen molar-refractivity contribution < 1.29 is 17.1 Å². The molecule has 0 saturated carbocycles. The first-order valence-corrected chi connectivity index (χ1v) is 16.0. The minimum Gasteiger partial charge on any atom is -0.238 e. The molecular weight excluding hydrogens is 745 g/mol. The molecule has 0 spiro atoms. The maximum absolute atomic E-state index is 6.85. The minimum absolute atomic E-state index is 0. The molecule has 265 valence electrons. The molecule has 0 aromatic heterocycles. The average Bonchev–Trinajstić information content (AvgIpc) is 3.07. The summed E-state index contributed by atoms with van der Waals surface area (Å²) in [5.74, 6) is 0. The molecule has 0 fully saturated rings. The van der Waals surface area contributed by atoms with Gasteiger partial charge in [0.1, 0.15) is 0 Å². The van der Waals surface area contributed by atoms with Crippen molar-refractivity contribution in [1.82, 2.24) is 0 Å². The molecular formula is C45H46BrMnN5. The molecule has 0 N–H and O–H groups in total. The van der Waals surface area contributed by atoms with Gasteiger partial charge in [-0.05, 0) is 125 Å². The van der Waals surface area contributed by atoms with Crippen molar-refractivity contribution in [2.24, 2.45) is 0 Å². The van der Waals surface area contributed by atoms with Crippen LogP contribution < -0.4 is 0 Å². The molecule has 5 aromatic rings. The van der Waals surface area contributed by atoms with E-state index in [0.29, 0.717) is 0 Å². The van der Waals surface area contributed by atoms with Crippen LogP contribution in [0.5, 0.6) is 0 Å². The predicted octanol–water partition coefficient (Wildman–Crippen LogP) is 14.8. The largest absolute Gasteiger partial charge is 0.238 e. The Balaban J connectivity index is 0. The Hall–Kier alpha value is -5.45. The van der Waals surface area contributed by atoms with Crippen molar-refractivity contribution in [2.75, 3.05) is 0 Å². The average molecular weight is 792 g/mol. The van der Waals surface area contributed by atoms with Gasteiger partial charge < -0.3 is 0 Å². The zero-order valence-electron chi connectivity index (χ0n) is 31.7. The SMILES string of the molecule is Br.[C-]#[N+]c1c(C)cccc1C.[C-]#[N+]c1c(C)cccc1C.[C-]#[N+]c1c(C)cccc1C.[C-]#[N+]c1c(C)cccc1C.[C-]#[N+]c1c(C)cccc1C.[Mn]. The number of hydrogen-bond donors (Lipinski definition) is 0. The quantitative estimate of drug-likeness (QED) is 0.110. The summed E-state index contributed by atoms with van der Waals surface area (Å²) in [4.78, 5) is 17.1. The first-order chi connectivity index (χ1) is 23.8. The minimum atomic E-state index is 0. The van der Waals surface area contributed by atoms with E-state index in [1.165, 1.54) is 0 Å². The van der Waals surface area contributed by atoms with Crippen LogP contribution in [0.25, 0.3) is 24.2 Å². The number of rotatable bonds is 0. The Kier molecular flexibility index (Phi) is 23.9. The van der Waals surface area contributed by atoms with E-state index in [4.69, 9.17) is 32.9 Å². The second kappa shape index (κ2) is 25.5. The van der Waals surface area contributed by atoms with E-state index in [9.17, 15) is 0 Å². The van der Waals surface area contributed by atoms with Gasteiger partial charge in [0.25, 0.3) is 0 Å². The molecule has 0 bridgehead atoms. The van der Waals surface area contributed by atoms with Crippen molar-refractivity contribution in [3.05, 3.63) is 204 Å². The van der Waals surface area contributed by atoms with E-state index >= 15 is 0 Å². The second-order valence-corrected chi connectivity index (χ2v) is 11.8. The predicted molar refractivity (Wildman–Crippen MR) is 221 cm³/mol. The van der Waals surface area contributed by atoms with Crippen LogP contribution in [0, 0.1) is 102 Å². The molecule has 0 aliphatic carbocycles. The van der Waals surface area contributed by atoms with Gasteiger partial charge in [-0.25, -0.2) is 24.2 Å². The topological polar surface area (TPSA) is 21.8 Å². The van der Waals surface area contributed by atoms with E-state index in [1.807, 2.05) is 160 Å². The summed E-state index contributed by atoms with van der Waals surface area (Å²) in [5, 5.41) is 0. The van der Waals surface area contributed by atoms with Gasteiger partial charge in [0.15, 0.2) is 28.4 Å². The third-order valence-corrected chi connectivity index (χ3v) is 7.76. The van der Waals surface area contributed by atoms with E-state index in [0.717, 1.165) is 84.1 Å². The molecule has 5 rings (SSSR count). The summed E-state index contributed by atoms with van der Waals surface area (Å²) < 4.78 is 0. The third kappa shape index (κ3) is 15.2. The number of benzene rings is 5. The maximum Gasteiger partial charge on any atom is 0.193 e. The number of para-hydroxylation sites is 5. The summed E-state index contributed by atoms with van der Waals surface area (Å²) >= 11 is 0. The van der Waals surface area contributed by atoms with Gasteiger partial charge in [-0.3, -0.25) is 0 Å². The fraction of sp³-hybridized carbons (Fsp3) is 0.222. The number of aryl methyl sites for hydroxylation is 10. The summed E-state index contributed by atoms with van der Waals surface area (Å²) in [6.45, 7) is 53.8. The van der Waals surface area contributed by atoms with Gasteiger partial charge in [0.05, 0.1) is 32.9 Å². The second-order valence-electron chi connectivity index (χ2n) is 11.8. The number of hydrogen-bond acceptors (Lipinski definition) is 0.